The van der Waals surface area contributed by atoms with Gasteiger partial charge in [0.05, 0.1) is 25.4 Å². The zero-order valence-electron chi connectivity index (χ0n) is 60.7. The van der Waals surface area contributed by atoms with Crippen molar-refractivity contribution in [1.29, 1.82) is 0 Å². The van der Waals surface area contributed by atoms with Gasteiger partial charge in [-0.05, 0) is 57.8 Å². The molecule has 1 amide bonds. The number of allylic oxidation sites excluding steroid dienone is 3. The van der Waals surface area contributed by atoms with Crippen molar-refractivity contribution in [2.75, 3.05) is 13.2 Å². The number of aliphatic hydroxyl groups excluding tert-OH is 2. The Labute approximate surface area is 558 Å². The van der Waals surface area contributed by atoms with Gasteiger partial charge < -0.3 is 20.3 Å². The van der Waals surface area contributed by atoms with Gasteiger partial charge in [-0.15, -0.1) is 0 Å². The Kier molecular flexibility index (Phi) is 77.3. The maximum atomic E-state index is 12.6. The lowest BCUT2D eigenvalue weighted by Gasteiger charge is -2.20. The second kappa shape index (κ2) is 78.8. The van der Waals surface area contributed by atoms with E-state index in [1.54, 1.807) is 6.08 Å². The second-order valence-corrected chi connectivity index (χ2v) is 28.5. The summed E-state index contributed by atoms with van der Waals surface area (Å²) >= 11 is 0. The summed E-state index contributed by atoms with van der Waals surface area (Å²) < 4.78 is 5.50. The van der Waals surface area contributed by atoms with E-state index in [-0.39, 0.29) is 18.5 Å². The fraction of sp³-hybridized carbons (Fsp3) is 0.928. The maximum Gasteiger partial charge on any atom is 0.305 e. The number of nitrogens with one attached hydrogen (secondary N) is 1. The standard InChI is InChI=1S/C83H161NO5/c1-3-5-7-9-11-13-15-17-19-20-21-22-38-41-44-48-51-55-59-63-67-71-75-81(86)80(79-85)84-82(87)76-72-68-64-60-56-52-49-45-42-39-36-34-32-30-28-26-24-23-25-27-29-31-33-35-37-40-43-46-50-54-58-62-66-70-74-78-89-83(88)77-73-69-65-61-57-53-47-18-16-14-12-10-8-6-4-2/h18,47,71,75,80-81,85-86H,3-17,19-46,48-70,72-74,76-79H2,1-2H3,(H,84,87)/b47-18-,75-71+. The number of amides is 1. The normalized spacial score (nSPS) is 12.5. The molecule has 89 heavy (non-hydrogen) atoms. The van der Waals surface area contributed by atoms with Crippen molar-refractivity contribution in [1.82, 2.24) is 5.32 Å². The molecule has 0 aromatic carbocycles. The van der Waals surface area contributed by atoms with E-state index in [0.29, 0.717) is 19.4 Å². The molecule has 0 saturated heterocycles. The highest BCUT2D eigenvalue weighted by Crippen LogP contribution is 2.20. The average molecular weight is 1250 g/mol. The predicted molar refractivity (Wildman–Crippen MR) is 393 cm³/mol. The van der Waals surface area contributed by atoms with Gasteiger partial charge in [0.15, 0.2) is 0 Å². The minimum atomic E-state index is -0.842. The zero-order valence-corrected chi connectivity index (χ0v) is 60.7. The minimum Gasteiger partial charge on any atom is -0.466 e. The molecule has 0 fully saturated rings. The van der Waals surface area contributed by atoms with E-state index in [4.69, 9.17) is 4.74 Å². The quantitative estimate of drug-likeness (QED) is 0.0320. The first-order chi connectivity index (χ1) is 44.0. The number of unbranched alkanes of at least 4 members (excludes halogenated alkanes) is 65. The van der Waals surface area contributed by atoms with Gasteiger partial charge in [-0.1, -0.05) is 423 Å². The van der Waals surface area contributed by atoms with E-state index in [0.717, 1.165) is 44.9 Å². The fourth-order valence-electron chi connectivity index (χ4n) is 13.2. The van der Waals surface area contributed by atoms with Crippen LogP contribution in [0, 0.1) is 0 Å². The first-order valence-corrected chi connectivity index (χ1v) is 41.1. The van der Waals surface area contributed by atoms with E-state index in [1.165, 1.54) is 398 Å². The molecule has 0 saturated carbocycles. The molecule has 0 radical (unpaired) electrons. The van der Waals surface area contributed by atoms with Crippen LogP contribution in [0.15, 0.2) is 24.3 Å². The molecule has 528 valence electrons. The summed E-state index contributed by atoms with van der Waals surface area (Å²) in [6, 6.07) is -0.625. The molecular weight excluding hydrogens is 1090 g/mol. The summed E-state index contributed by atoms with van der Waals surface area (Å²) in [6.07, 6.45) is 102. The van der Waals surface area contributed by atoms with Crippen molar-refractivity contribution in [3.63, 3.8) is 0 Å². The largest absolute Gasteiger partial charge is 0.466 e. The summed E-state index contributed by atoms with van der Waals surface area (Å²) in [5.41, 5.74) is 0. The van der Waals surface area contributed by atoms with Crippen molar-refractivity contribution >= 4 is 11.9 Å². The number of esters is 1. The van der Waals surface area contributed by atoms with Crippen LogP contribution in [0.25, 0.3) is 0 Å². The Hall–Kier alpha value is -1.66. The number of aliphatic hydroxyl groups is 2. The number of ether oxygens (including phenoxy) is 1. The Balaban J connectivity index is 3.33. The van der Waals surface area contributed by atoms with Crippen molar-refractivity contribution in [3.8, 4) is 0 Å². The third-order valence-corrected chi connectivity index (χ3v) is 19.5. The molecule has 0 aliphatic rings. The molecule has 6 nitrogen and oxygen atoms in total. The topological polar surface area (TPSA) is 95.9 Å². The van der Waals surface area contributed by atoms with Crippen LogP contribution in [0.1, 0.15) is 470 Å². The summed E-state index contributed by atoms with van der Waals surface area (Å²) in [6.45, 7) is 4.95. The van der Waals surface area contributed by atoms with E-state index in [9.17, 15) is 19.8 Å². The van der Waals surface area contributed by atoms with Crippen molar-refractivity contribution < 1.29 is 24.5 Å². The molecule has 2 unspecified atom stereocenters. The smallest absolute Gasteiger partial charge is 0.305 e. The van der Waals surface area contributed by atoms with Crippen LogP contribution in [-0.4, -0.2) is 47.4 Å². The lowest BCUT2D eigenvalue weighted by Crippen LogP contribution is -2.45. The van der Waals surface area contributed by atoms with E-state index < -0.39 is 12.1 Å². The Morgan fingerprint density at radius 1 is 0.303 bits per heavy atom. The van der Waals surface area contributed by atoms with Crippen LogP contribution < -0.4 is 5.32 Å². The SMILES string of the molecule is CCCCCCCC/C=C\CCCCCCCC(=O)OCCCCCCCCCCCCCCCCCCCCCCCCCCCCCCCCCCCCCC(=O)NC(CO)C(O)/C=C/CCCCCCCCCCCCCCCCCCCCCC. The van der Waals surface area contributed by atoms with Gasteiger partial charge in [0.1, 0.15) is 0 Å². The maximum absolute atomic E-state index is 12.6. The highest BCUT2D eigenvalue weighted by molar-refractivity contribution is 5.76. The first kappa shape index (κ1) is 87.3. The van der Waals surface area contributed by atoms with Gasteiger partial charge in [0, 0.05) is 12.8 Å². The Bertz CT molecular complexity index is 1400. The monoisotopic (exact) mass is 1250 g/mol. The molecule has 0 bridgehead atoms. The molecule has 0 heterocycles. The molecule has 6 heteroatoms. The Morgan fingerprint density at radius 2 is 0.528 bits per heavy atom. The number of rotatable bonds is 78. The van der Waals surface area contributed by atoms with Gasteiger partial charge in [-0.2, -0.15) is 0 Å². The lowest BCUT2D eigenvalue weighted by molar-refractivity contribution is -0.143. The van der Waals surface area contributed by atoms with Gasteiger partial charge in [-0.3, -0.25) is 9.59 Å². The first-order valence-electron chi connectivity index (χ1n) is 41.1. The minimum absolute atomic E-state index is 0.0154. The summed E-state index contributed by atoms with van der Waals surface area (Å²) in [5.74, 6) is -0.0420. The predicted octanol–water partition coefficient (Wildman–Crippen LogP) is 27.2. The molecule has 0 aromatic heterocycles. The van der Waals surface area contributed by atoms with Gasteiger partial charge in [-0.25, -0.2) is 0 Å². The van der Waals surface area contributed by atoms with Gasteiger partial charge in [0.25, 0.3) is 0 Å². The van der Waals surface area contributed by atoms with Crippen LogP contribution in [0.2, 0.25) is 0 Å². The summed E-state index contributed by atoms with van der Waals surface area (Å²) in [4.78, 5) is 24.6. The summed E-state index contributed by atoms with van der Waals surface area (Å²) in [5, 5.41) is 23.3. The lowest BCUT2D eigenvalue weighted by atomic mass is 10.0. The van der Waals surface area contributed by atoms with E-state index in [2.05, 4.69) is 31.3 Å². The Morgan fingerprint density at radius 3 is 0.798 bits per heavy atom. The van der Waals surface area contributed by atoms with E-state index in [1.807, 2.05) is 6.08 Å². The van der Waals surface area contributed by atoms with E-state index >= 15 is 0 Å². The molecular formula is C83H161NO5. The molecule has 2 atom stereocenters. The third kappa shape index (κ3) is 75.3. The second-order valence-electron chi connectivity index (χ2n) is 28.5. The van der Waals surface area contributed by atoms with Crippen LogP contribution in [0.4, 0.5) is 0 Å². The van der Waals surface area contributed by atoms with Crippen molar-refractivity contribution in [2.24, 2.45) is 0 Å². The average Bonchev–Trinajstić information content (AvgIpc) is 3.56. The molecule has 0 spiro atoms. The van der Waals surface area contributed by atoms with Crippen LogP contribution in [-0.2, 0) is 14.3 Å². The molecule has 0 aliphatic carbocycles. The zero-order chi connectivity index (χ0) is 64.2. The van der Waals surface area contributed by atoms with Crippen LogP contribution in [0.5, 0.6) is 0 Å². The molecule has 0 rings (SSSR count). The molecule has 0 aromatic rings. The molecule has 3 N–H and O–H groups in total. The van der Waals surface area contributed by atoms with Gasteiger partial charge in [0.2, 0.25) is 5.91 Å². The number of hydrogen-bond acceptors (Lipinski definition) is 5. The summed E-state index contributed by atoms with van der Waals surface area (Å²) in [7, 11) is 0. The molecule has 0 aliphatic heterocycles. The van der Waals surface area contributed by atoms with Gasteiger partial charge >= 0.3 is 5.97 Å². The van der Waals surface area contributed by atoms with Crippen LogP contribution >= 0.6 is 0 Å². The highest BCUT2D eigenvalue weighted by Gasteiger charge is 2.18. The highest BCUT2D eigenvalue weighted by atomic mass is 16.5. The fourth-order valence-corrected chi connectivity index (χ4v) is 13.2. The number of carbonyl (C=O) groups excluding carboxylic acids is 2. The van der Waals surface area contributed by atoms with Crippen LogP contribution in [0.3, 0.4) is 0 Å². The number of hydrogen-bond donors (Lipinski definition) is 3. The third-order valence-electron chi connectivity index (χ3n) is 19.5. The van der Waals surface area contributed by atoms with Crippen molar-refractivity contribution in [2.45, 2.75) is 482 Å². The van der Waals surface area contributed by atoms with Crippen molar-refractivity contribution in [3.05, 3.63) is 24.3 Å². The number of carbonyl (C=O) groups is 2.